The molecule has 0 amide bonds. The molecular formula is C12H13N5O2. The molecule has 98 valence electrons. The Balaban J connectivity index is 2.13. The molecular weight excluding hydrogens is 246 g/mol. The number of fused-ring (bicyclic) bond motifs is 1. The number of carbonyl (C=O) groups is 1. The molecule has 7 nitrogen and oxygen atoms in total. The first-order valence-electron chi connectivity index (χ1n) is 6.20. The Hall–Kier alpha value is -2.31. The molecule has 2 aromatic rings. The van der Waals surface area contributed by atoms with E-state index in [1.54, 1.807) is 23.2 Å². The summed E-state index contributed by atoms with van der Waals surface area (Å²) in [5.74, 6) is 0.344. The number of hydrogen-bond acceptors (Lipinski definition) is 5. The van der Waals surface area contributed by atoms with E-state index in [-0.39, 0.29) is 0 Å². The van der Waals surface area contributed by atoms with E-state index in [4.69, 9.17) is 0 Å². The largest absolute Gasteiger partial charge is 0.480 e. The van der Waals surface area contributed by atoms with Gasteiger partial charge in [0.15, 0.2) is 5.82 Å². The van der Waals surface area contributed by atoms with Crippen molar-refractivity contribution in [2.24, 2.45) is 0 Å². The van der Waals surface area contributed by atoms with Crippen molar-refractivity contribution in [3.8, 4) is 11.5 Å². The van der Waals surface area contributed by atoms with E-state index in [0.717, 1.165) is 19.3 Å². The van der Waals surface area contributed by atoms with Gasteiger partial charge in [0.05, 0.1) is 6.20 Å². The lowest BCUT2D eigenvalue weighted by atomic mass is 10.1. The van der Waals surface area contributed by atoms with Crippen LogP contribution in [0.3, 0.4) is 0 Å². The molecule has 3 rings (SSSR count). The zero-order chi connectivity index (χ0) is 13.2. The highest BCUT2D eigenvalue weighted by atomic mass is 16.4. The standard InChI is InChI=1S/C12H13N5O2/c18-12(19)9-3-1-2-4-10-15-16-11(17(9)10)8-7-13-5-6-14-8/h5-7,9H,1-4H2,(H,18,19). The van der Waals surface area contributed by atoms with Crippen molar-refractivity contribution < 1.29 is 9.90 Å². The van der Waals surface area contributed by atoms with Gasteiger partial charge in [-0.2, -0.15) is 0 Å². The van der Waals surface area contributed by atoms with Crippen molar-refractivity contribution in [3.63, 3.8) is 0 Å². The molecule has 0 aliphatic carbocycles. The van der Waals surface area contributed by atoms with Gasteiger partial charge < -0.3 is 5.11 Å². The summed E-state index contributed by atoms with van der Waals surface area (Å²) in [6, 6.07) is -0.621. The van der Waals surface area contributed by atoms with Crippen molar-refractivity contribution in [3.05, 3.63) is 24.4 Å². The lowest BCUT2D eigenvalue weighted by Crippen LogP contribution is -2.20. The topological polar surface area (TPSA) is 93.8 Å². The smallest absolute Gasteiger partial charge is 0.326 e. The maximum absolute atomic E-state index is 11.4. The Bertz CT molecular complexity index is 595. The molecule has 2 aromatic heterocycles. The minimum atomic E-state index is -0.854. The molecule has 3 heterocycles. The normalized spacial score (nSPS) is 18.6. The predicted molar refractivity (Wildman–Crippen MR) is 65.3 cm³/mol. The number of rotatable bonds is 2. The molecule has 0 saturated heterocycles. The van der Waals surface area contributed by atoms with Crippen LogP contribution in [0.15, 0.2) is 18.6 Å². The quantitative estimate of drug-likeness (QED) is 0.867. The molecule has 0 saturated carbocycles. The molecule has 1 unspecified atom stereocenters. The summed E-state index contributed by atoms with van der Waals surface area (Å²) in [6.45, 7) is 0. The summed E-state index contributed by atoms with van der Waals surface area (Å²) in [4.78, 5) is 19.6. The van der Waals surface area contributed by atoms with Gasteiger partial charge in [-0.25, -0.2) is 9.78 Å². The fourth-order valence-corrected chi connectivity index (χ4v) is 2.39. The Morgan fingerprint density at radius 2 is 2.21 bits per heavy atom. The monoisotopic (exact) mass is 259 g/mol. The van der Waals surface area contributed by atoms with E-state index in [9.17, 15) is 9.90 Å². The van der Waals surface area contributed by atoms with Crippen molar-refractivity contribution in [2.45, 2.75) is 31.7 Å². The van der Waals surface area contributed by atoms with Crippen LogP contribution in [-0.2, 0) is 11.2 Å². The third-order valence-electron chi connectivity index (χ3n) is 3.28. The second-order valence-corrected chi connectivity index (χ2v) is 4.50. The summed E-state index contributed by atoms with van der Waals surface area (Å²) >= 11 is 0. The van der Waals surface area contributed by atoms with E-state index in [1.807, 2.05) is 0 Å². The number of nitrogens with zero attached hydrogens (tertiary/aromatic N) is 5. The first-order valence-corrected chi connectivity index (χ1v) is 6.20. The van der Waals surface area contributed by atoms with Gasteiger partial charge in [-0.1, -0.05) is 6.42 Å². The van der Waals surface area contributed by atoms with Crippen LogP contribution in [0.4, 0.5) is 0 Å². The van der Waals surface area contributed by atoms with Gasteiger partial charge in [0.25, 0.3) is 0 Å². The number of carboxylic acid groups (broad SMARTS) is 1. The van der Waals surface area contributed by atoms with Crippen LogP contribution in [0, 0.1) is 0 Å². The van der Waals surface area contributed by atoms with E-state index >= 15 is 0 Å². The first-order chi connectivity index (χ1) is 9.27. The van der Waals surface area contributed by atoms with Gasteiger partial charge >= 0.3 is 5.97 Å². The molecule has 0 aromatic carbocycles. The van der Waals surface area contributed by atoms with Crippen LogP contribution >= 0.6 is 0 Å². The molecule has 0 spiro atoms. The zero-order valence-electron chi connectivity index (χ0n) is 10.2. The van der Waals surface area contributed by atoms with Crippen molar-refractivity contribution in [1.82, 2.24) is 24.7 Å². The van der Waals surface area contributed by atoms with Crippen molar-refractivity contribution in [1.29, 1.82) is 0 Å². The third kappa shape index (κ3) is 2.07. The number of aryl methyl sites for hydroxylation is 1. The van der Waals surface area contributed by atoms with Crippen LogP contribution in [0.1, 0.15) is 31.1 Å². The summed E-state index contributed by atoms with van der Waals surface area (Å²) in [5, 5.41) is 17.6. The molecule has 1 aliphatic heterocycles. The fourth-order valence-electron chi connectivity index (χ4n) is 2.39. The minimum absolute atomic E-state index is 0.484. The SMILES string of the molecule is O=C(O)C1CCCCc2nnc(-c3cnccn3)n21. The molecule has 0 fully saturated rings. The van der Waals surface area contributed by atoms with Crippen molar-refractivity contribution >= 4 is 5.97 Å². The highest BCUT2D eigenvalue weighted by Crippen LogP contribution is 2.28. The highest BCUT2D eigenvalue weighted by molar-refractivity contribution is 5.73. The highest BCUT2D eigenvalue weighted by Gasteiger charge is 2.29. The van der Waals surface area contributed by atoms with Crippen LogP contribution < -0.4 is 0 Å². The lowest BCUT2D eigenvalue weighted by molar-refractivity contribution is -0.141. The van der Waals surface area contributed by atoms with Gasteiger partial charge in [-0.15, -0.1) is 10.2 Å². The Labute approximate surface area is 109 Å². The number of carboxylic acids is 1. The number of hydrogen-bond donors (Lipinski definition) is 1. The van der Waals surface area contributed by atoms with Crippen LogP contribution in [0.5, 0.6) is 0 Å². The molecule has 0 bridgehead atoms. The van der Waals surface area contributed by atoms with E-state index in [2.05, 4.69) is 20.2 Å². The van der Waals surface area contributed by atoms with Crippen LogP contribution in [0.25, 0.3) is 11.5 Å². The maximum Gasteiger partial charge on any atom is 0.326 e. The Morgan fingerprint density at radius 3 is 2.95 bits per heavy atom. The Morgan fingerprint density at radius 1 is 1.32 bits per heavy atom. The molecule has 0 radical (unpaired) electrons. The molecule has 1 aliphatic rings. The second kappa shape index (κ2) is 4.75. The summed E-state index contributed by atoms with van der Waals surface area (Å²) in [5.41, 5.74) is 0.550. The molecule has 19 heavy (non-hydrogen) atoms. The van der Waals surface area contributed by atoms with E-state index in [1.165, 1.54) is 0 Å². The predicted octanol–water partition coefficient (Wildman–Crippen LogP) is 1.09. The molecule has 1 N–H and O–H groups in total. The van der Waals surface area contributed by atoms with Gasteiger partial charge in [0.1, 0.15) is 17.6 Å². The summed E-state index contributed by atoms with van der Waals surface area (Å²) < 4.78 is 1.69. The molecule has 1 atom stereocenters. The zero-order valence-corrected chi connectivity index (χ0v) is 10.2. The van der Waals surface area contributed by atoms with Gasteiger partial charge in [0.2, 0.25) is 0 Å². The minimum Gasteiger partial charge on any atom is -0.480 e. The average Bonchev–Trinajstić information content (AvgIpc) is 2.72. The fraction of sp³-hybridized carbons (Fsp3) is 0.417. The Kier molecular flexibility index (Phi) is 2.94. The number of aromatic nitrogens is 5. The van der Waals surface area contributed by atoms with Crippen LogP contribution in [-0.4, -0.2) is 35.8 Å². The van der Waals surface area contributed by atoms with Crippen molar-refractivity contribution in [2.75, 3.05) is 0 Å². The average molecular weight is 259 g/mol. The third-order valence-corrected chi connectivity index (χ3v) is 3.28. The second-order valence-electron chi connectivity index (χ2n) is 4.50. The van der Waals surface area contributed by atoms with Gasteiger partial charge in [-0.3, -0.25) is 9.55 Å². The van der Waals surface area contributed by atoms with Gasteiger partial charge in [0, 0.05) is 18.8 Å². The summed E-state index contributed by atoms with van der Waals surface area (Å²) in [6.07, 6.45) is 7.84. The lowest BCUT2D eigenvalue weighted by Gasteiger charge is -2.15. The van der Waals surface area contributed by atoms with E-state index < -0.39 is 12.0 Å². The first kappa shape index (κ1) is 11.8. The number of aliphatic carboxylic acids is 1. The summed E-state index contributed by atoms with van der Waals surface area (Å²) in [7, 11) is 0. The van der Waals surface area contributed by atoms with E-state index in [0.29, 0.717) is 23.8 Å². The molecule has 7 heteroatoms. The van der Waals surface area contributed by atoms with Crippen LogP contribution in [0.2, 0.25) is 0 Å². The van der Waals surface area contributed by atoms with Gasteiger partial charge in [-0.05, 0) is 12.8 Å². The maximum atomic E-state index is 11.4.